The van der Waals surface area contributed by atoms with Gasteiger partial charge in [0.15, 0.2) is 5.82 Å². The zero-order valence-corrected chi connectivity index (χ0v) is 17.1. The number of thiazole rings is 1. The highest BCUT2D eigenvalue weighted by molar-refractivity contribution is 7.21. The molecule has 0 bridgehead atoms. The van der Waals surface area contributed by atoms with Crippen molar-refractivity contribution in [3.63, 3.8) is 0 Å². The van der Waals surface area contributed by atoms with Crippen molar-refractivity contribution in [2.24, 2.45) is 0 Å². The van der Waals surface area contributed by atoms with Crippen LogP contribution in [0.5, 0.6) is 0 Å². The van der Waals surface area contributed by atoms with Crippen LogP contribution in [0.4, 0.5) is 17.2 Å². The van der Waals surface area contributed by atoms with E-state index in [9.17, 15) is 4.79 Å². The van der Waals surface area contributed by atoms with Crippen LogP contribution in [0.3, 0.4) is 0 Å². The van der Waals surface area contributed by atoms with Crippen LogP contribution < -0.4 is 10.6 Å². The summed E-state index contributed by atoms with van der Waals surface area (Å²) in [5.74, 6) is 0.499. The number of aromatic nitrogens is 3. The number of hydrogen-bond acceptors (Lipinski definition) is 6. The van der Waals surface area contributed by atoms with Gasteiger partial charge < -0.3 is 10.6 Å². The van der Waals surface area contributed by atoms with Gasteiger partial charge in [-0.05, 0) is 36.4 Å². The molecule has 150 valence electrons. The van der Waals surface area contributed by atoms with E-state index in [-0.39, 0.29) is 5.91 Å². The highest BCUT2D eigenvalue weighted by Gasteiger charge is 2.12. The Morgan fingerprint density at radius 1 is 0.774 bits per heavy atom. The lowest BCUT2D eigenvalue weighted by Gasteiger charge is -2.08. The van der Waals surface area contributed by atoms with Crippen LogP contribution in [0.25, 0.3) is 20.9 Å². The zero-order chi connectivity index (χ0) is 21.0. The fourth-order valence-electron chi connectivity index (χ4n) is 3.12. The van der Waals surface area contributed by atoms with Crippen LogP contribution in [0.2, 0.25) is 0 Å². The number of nitrogens with one attached hydrogen (secondary N) is 2. The molecule has 0 saturated carbocycles. The fourth-order valence-corrected chi connectivity index (χ4v) is 4.03. The van der Waals surface area contributed by atoms with Gasteiger partial charge in [-0.3, -0.25) is 4.79 Å². The summed E-state index contributed by atoms with van der Waals surface area (Å²) in [6.07, 6.45) is 1.53. The molecule has 2 heterocycles. The summed E-state index contributed by atoms with van der Waals surface area (Å²) in [7, 11) is 0. The Labute approximate surface area is 182 Å². The highest BCUT2D eigenvalue weighted by atomic mass is 32.1. The number of hydrogen-bond donors (Lipinski definition) is 2. The predicted octanol–water partition coefficient (Wildman–Crippen LogP) is 5.75. The topological polar surface area (TPSA) is 79.8 Å². The number of benzene rings is 3. The maximum Gasteiger partial charge on any atom is 0.255 e. The molecule has 3 aromatic carbocycles. The van der Waals surface area contributed by atoms with Crippen LogP contribution >= 0.6 is 11.3 Å². The van der Waals surface area contributed by atoms with Gasteiger partial charge in [-0.2, -0.15) is 0 Å². The largest absolute Gasteiger partial charge is 0.338 e. The van der Waals surface area contributed by atoms with Crippen LogP contribution in [0.1, 0.15) is 10.4 Å². The SMILES string of the molecule is O=C(Nc1ccc(Nc2ncnc3sc(-c4ccccc4)nc23)cc1)c1ccccc1. The molecule has 6 nitrogen and oxygen atoms in total. The van der Waals surface area contributed by atoms with E-state index in [1.54, 1.807) is 12.1 Å². The molecule has 0 fully saturated rings. The Morgan fingerprint density at radius 2 is 1.45 bits per heavy atom. The van der Waals surface area contributed by atoms with Crippen LogP contribution in [-0.2, 0) is 0 Å². The molecular formula is C24H17N5OS. The van der Waals surface area contributed by atoms with Crippen molar-refractivity contribution >= 4 is 44.8 Å². The van der Waals surface area contributed by atoms with E-state index < -0.39 is 0 Å². The quantitative estimate of drug-likeness (QED) is 0.376. The molecule has 2 aromatic heterocycles. The molecule has 0 aliphatic rings. The van der Waals surface area contributed by atoms with Gasteiger partial charge >= 0.3 is 0 Å². The second kappa shape index (κ2) is 8.33. The zero-order valence-electron chi connectivity index (χ0n) is 16.3. The lowest BCUT2D eigenvalue weighted by atomic mass is 10.2. The first-order valence-electron chi connectivity index (χ1n) is 9.67. The number of fused-ring (bicyclic) bond motifs is 1. The summed E-state index contributed by atoms with van der Waals surface area (Å²) in [4.78, 5) is 26.6. The number of anilines is 3. The average Bonchev–Trinajstić information content (AvgIpc) is 3.27. The van der Waals surface area contributed by atoms with E-state index in [1.807, 2.05) is 72.8 Å². The van der Waals surface area contributed by atoms with E-state index in [4.69, 9.17) is 4.98 Å². The van der Waals surface area contributed by atoms with Crippen molar-refractivity contribution in [2.45, 2.75) is 0 Å². The lowest BCUT2D eigenvalue weighted by Crippen LogP contribution is -2.11. The van der Waals surface area contributed by atoms with Gasteiger partial charge in [-0.1, -0.05) is 59.9 Å². The highest BCUT2D eigenvalue weighted by Crippen LogP contribution is 2.32. The van der Waals surface area contributed by atoms with Gasteiger partial charge in [0, 0.05) is 22.5 Å². The van der Waals surface area contributed by atoms with Gasteiger partial charge in [0.1, 0.15) is 21.7 Å². The first-order valence-corrected chi connectivity index (χ1v) is 10.5. The molecule has 5 rings (SSSR count). The van der Waals surface area contributed by atoms with Crippen molar-refractivity contribution in [2.75, 3.05) is 10.6 Å². The van der Waals surface area contributed by atoms with Crippen molar-refractivity contribution in [1.82, 2.24) is 15.0 Å². The Bertz CT molecular complexity index is 1340. The molecule has 0 unspecified atom stereocenters. The third-order valence-electron chi connectivity index (χ3n) is 4.66. The smallest absolute Gasteiger partial charge is 0.255 e. The van der Waals surface area contributed by atoms with Crippen molar-refractivity contribution in [3.05, 3.63) is 96.8 Å². The molecule has 0 saturated heterocycles. The second-order valence-corrected chi connectivity index (χ2v) is 7.76. The maximum absolute atomic E-state index is 12.3. The van der Waals surface area contributed by atoms with Gasteiger partial charge in [0.2, 0.25) is 0 Å². The van der Waals surface area contributed by atoms with Crippen molar-refractivity contribution in [1.29, 1.82) is 0 Å². The summed E-state index contributed by atoms with van der Waals surface area (Å²) < 4.78 is 0. The summed E-state index contributed by atoms with van der Waals surface area (Å²) in [5, 5.41) is 7.10. The third-order valence-corrected chi connectivity index (χ3v) is 5.67. The van der Waals surface area contributed by atoms with E-state index in [1.165, 1.54) is 17.7 Å². The Balaban J connectivity index is 1.35. The van der Waals surface area contributed by atoms with E-state index >= 15 is 0 Å². The second-order valence-electron chi connectivity index (χ2n) is 6.78. The van der Waals surface area contributed by atoms with Crippen LogP contribution in [0.15, 0.2) is 91.3 Å². The van der Waals surface area contributed by atoms with Gasteiger partial charge in [-0.25, -0.2) is 15.0 Å². The third kappa shape index (κ3) is 4.12. The molecule has 7 heteroatoms. The first-order chi connectivity index (χ1) is 15.3. The normalized spacial score (nSPS) is 10.7. The number of amides is 1. The van der Waals surface area contributed by atoms with Crippen molar-refractivity contribution in [3.8, 4) is 10.6 Å². The van der Waals surface area contributed by atoms with Crippen LogP contribution in [-0.4, -0.2) is 20.9 Å². The van der Waals surface area contributed by atoms with E-state index in [0.29, 0.717) is 17.1 Å². The Kier molecular flexibility index (Phi) is 5.08. The monoisotopic (exact) mass is 423 g/mol. The molecule has 0 atom stereocenters. The van der Waals surface area contributed by atoms with Crippen LogP contribution in [0, 0.1) is 0 Å². The molecule has 2 N–H and O–H groups in total. The molecule has 31 heavy (non-hydrogen) atoms. The molecule has 0 spiro atoms. The maximum atomic E-state index is 12.3. The predicted molar refractivity (Wildman–Crippen MR) is 125 cm³/mol. The first kappa shape index (κ1) is 18.9. The molecule has 0 aliphatic carbocycles. The average molecular weight is 424 g/mol. The van der Waals surface area contributed by atoms with Gasteiger partial charge in [0.25, 0.3) is 5.91 Å². The minimum atomic E-state index is -0.144. The minimum Gasteiger partial charge on any atom is -0.338 e. The summed E-state index contributed by atoms with van der Waals surface area (Å²) in [6, 6.07) is 26.6. The minimum absolute atomic E-state index is 0.144. The Morgan fingerprint density at radius 3 is 2.19 bits per heavy atom. The molecule has 5 aromatic rings. The van der Waals surface area contributed by atoms with Crippen molar-refractivity contribution < 1.29 is 4.79 Å². The van der Waals surface area contributed by atoms with Gasteiger partial charge in [0.05, 0.1) is 0 Å². The van der Waals surface area contributed by atoms with Gasteiger partial charge in [-0.15, -0.1) is 0 Å². The fraction of sp³-hybridized carbons (Fsp3) is 0. The number of rotatable bonds is 5. The van der Waals surface area contributed by atoms with E-state index in [2.05, 4.69) is 20.6 Å². The summed E-state index contributed by atoms with van der Waals surface area (Å²) in [5.41, 5.74) is 3.95. The molecule has 0 aliphatic heterocycles. The Hall–Kier alpha value is -4.10. The molecular weight excluding hydrogens is 406 g/mol. The summed E-state index contributed by atoms with van der Waals surface area (Å²) >= 11 is 1.53. The standard InChI is InChI=1S/C24H17N5OS/c30-22(16-7-3-1-4-8-16)28-19-13-11-18(12-14-19)27-21-20-24(26-15-25-21)31-23(29-20)17-9-5-2-6-10-17/h1-15H,(H,28,30)(H,25,26,27). The summed E-state index contributed by atoms with van der Waals surface area (Å²) in [6.45, 7) is 0. The van der Waals surface area contributed by atoms with E-state index in [0.717, 1.165) is 26.6 Å². The lowest BCUT2D eigenvalue weighted by molar-refractivity contribution is 0.102. The molecule has 0 radical (unpaired) electrons. The number of nitrogens with zero attached hydrogens (tertiary/aromatic N) is 3. The number of carbonyl (C=O) groups is 1. The number of carbonyl (C=O) groups excluding carboxylic acids is 1. The molecule has 1 amide bonds.